The summed E-state index contributed by atoms with van der Waals surface area (Å²) in [5, 5.41) is 0. The molecule has 3 heteroatoms. The first-order valence-electron chi connectivity index (χ1n) is 6.21. The first-order chi connectivity index (χ1) is 8.11. The van der Waals surface area contributed by atoms with Crippen LogP contribution in [0.4, 0.5) is 5.69 Å². The van der Waals surface area contributed by atoms with Gasteiger partial charge in [-0.2, -0.15) is 0 Å². The molecule has 1 unspecified atom stereocenters. The third kappa shape index (κ3) is 3.45. The van der Waals surface area contributed by atoms with E-state index >= 15 is 0 Å². The van der Waals surface area contributed by atoms with E-state index in [2.05, 4.69) is 36.9 Å². The number of nitrogens with two attached hydrogens (primary N) is 1. The Morgan fingerprint density at radius 3 is 2.47 bits per heavy atom. The van der Waals surface area contributed by atoms with Crippen LogP contribution in [0.5, 0.6) is 0 Å². The number of anilines is 1. The Hall–Kier alpha value is -1.06. The Balaban J connectivity index is 3.02. The first kappa shape index (κ1) is 14.0. The minimum atomic E-state index is 0.0509. The van der Waals surface area contributed by atoms with Gasteiger partial charge in [0.15, 0.2) is 0 Å². The molecule has 96 valence electrons. The molecule has 0 heterocycles. The summed E-state index contributed by atoms with van der Waals surface area (Å²) < 4.78 is 5.24. The average molecular weight is 236 g/mol. The minimum Gasteiger partial charge on any atom is -0.383 e. The average Bonchev–Trinajstić information content (AvgIpc) is 2.31. The molecule has 1 aromatic rings. The molecule has 17 heavy (non-hydrogen) atoms. The van der Waals surface area contributed by atoms with Crippen molar-refractivity contribution in [2.24, 2.45) is 5.73 Å². The number of hydrogen-bond acceptors (Lipinski definition) is 3. The second-order valence-corrected chi connectivity index (χ2v) is 4.44. The number of hydrogen-bond donors (Lipinski definition) is 1. The number of methoxy groups -OCH3 is 1. The maximum Gasteiger partial charge on any atom is 0.0663 e. The number of benzene rings is 1. The van der Waals surface area contributed by atoms with E-state index in [-0.39, 0.29) is 6.04 Å². The van der Waals surface area contributed by atoms with Gasteiger partial charge in [-0.3, -0.25) is 0 Å². The van der Waals surface area contributed by atoms with Gasteiger partial charge in [0.1, 0.15) is 0 Å². The lowest BCUT2D eigenvalue weighted by molar-refractivity contribution is 0.182. The van der Waals surface area contributed by atoms with Gasteiger partial charge in [-0.05, 0) is 32.4 Å². The standard InChI is InChI=1S/C14H24N2O/c1-5-16(11(2)10-17-4)14-9-7-6-8-13(14)12(3)15/h6-9,11-12H,5,10,15H2,1-4H3/t11?,12-/m1/s1. The quantitative estimate of drug-likeness (QED) is 0.825. The Morgan fingerprint density at radius 1 is 1.29 bits per heavy atom. The van der Waals surface area contributed by atoms with Crippen molar-refractivity contribution in [2.45, 2.75) is 32.9 Å². The molecule has 1 aromatic carbocycles. The molecule has 0 fully saturated rings. The fourth-order valence-electron chi connectivity index (χ4n) is 2.18. The van der Waals surface area contributed by atoms with Gasteiger partial charge in [0.05, 0.1) is 6.61 Å². The van der Waals surface area contributed by atoms with Gasteiger partial charge < -0.3 is 15.4 Å². The number of para-hydroxylation sites is 1. The van der Waals surface area contributed by atoms with Crippen molar-refractivity contribution in [3.8, 4) is 0 Å². The zero-order valence-electron chi connectivity index (χ0n) is 11.3. The SMILES string of the molecule is CCN(c1ccccc1[C@@H](C)N)C(C)COC. The monoisotopic (exact) mass is 236 g/mol. The molecule has 2 atom stereocenters. The first-order valence-corrected chi connectivity index (χ1v) is 6.21. The van der Waals surface area contributed by atoms with E-state index < -0.39 is 0 Å². The number of ether oxygens (including phenoxy) is 1. The van der Waals surface area contributed by atoms with Crippen molar-refractivity contribution in [1.29, 1.82) is 0 Å². The lowest BCUT2D eigenvalue weighted by Gasteiger charge is -2.32. The van der Waals surface area contributed by atoms with Crippen LogP contribution in [0.1, 0.15) is 32.4 Å². The van der Waals surface area contributed by atoms with Crippen molar-refractivity contribution in [1.82, 2.24) is 0 Å². The molecule has 0 amide bonds. The van der Waals surface area contributed by atoms with Gasteiger partial charge in [0.25, 0.3) is 0 Å². The zero-order valence-corrected chi connectivity index (χ0v) is 11.3. The molecular weight excluding hydrogens is 212 g/mol. The smallest absolute Gasteiger partial charge is 0.0663 e. The van der Waals surface area contributed by atoms with Crippen LogP contribution in [0, 0.1) is 0 Å². The molecule has 0 saturated carbocycles. The molecule has 0 saturated heterocycles. The predicted molar refractivity (Wildman–Crippen MR) is 73.4 cm³/mol. The molecule has 0 radical (unpaired) electrons. The van der Waals surface area contributed by atoms with Gasteiger partial charge in [0.2, 0.25) is 0 Å². The van der Waals surface area contributed by atoms with Crippen LogP contribution in [0.2, 0.25) is 0 Å². The summed E-state index contributed by atoms with van der Waals surface area (Å²) >= 11 is 0. The Kier molecular flexibility index (Phi) is 5.45. The second kappa shape index (κ2) is 6.62. The highest BCUT2D eigenvalue weighted by Crippen LogP contribution is 2.26. The highest BCUT2D eigenvalue weighted by Gasteiger charge is 2.16. The fourth-order valence-corrected chi connectivity index (χ4v) is 2.18. The molecule has 0 aliphatic carbocycles. The lowest BCUT2D eigenvalue weighted by Crippen LogP contribution is -2.37. The van der Waals surface area contributed by atoms with E-state index in [1.165, 1.54) is 11.3 Å². The summed E-state index contributed by atoms with van der Waals surface area (Å²) in [7, 11) is 1.74. The van der Waals surface area contributed by atoms with Crippen molar-refractivity contribution in [2.75, 3.05) is 25.2 Å². The third-order valence-corrected chi connectivity index (χ3v) is 3.02. The summed E-state index contributed by atoms with van der Waals surface area (Å²) in [6.45, 7) is 8.03. The molecule has 3 nitrogen and oxygen atoms in total. The third-order valence-electron chi connectivity index (χ3n) is 3.02. The number of likely N-dealkylation sites (N-methyl/N-ethyl adjacent to an activating group) is 1. The van der Waals surface area contributed by atoms with Crippen molar-refractivity contribution < 1.29 is 4.74 Å². The van der Waals surface area contributed by atoms with E-state index in [1.807, 2.05) is 13.0 Å². The van der Waals surface area contributed by atoms with Crippen molar-refractivity contribution in [3.05, 3.63) is 29.8 Å². The largest absolute Gasteiger partial charge is 0.383 e. The lowest BCUT2D eigenvalue weighted by atomic mass is 10.0. The van der Waals surface area contributed by atoms with Crippen LogP contribution in [-0.4, -0.2) is 26.3 Å². The van der Waals surface area contributed by atoms with Gasteiger partial charge in [-0.1, -0.05) is 18.2 Å². The highest BCUT2D eigenvalue weighted by molar-refractivity contribution is 5.55. The Labute approximate surface area is 105 Å². The van der Waals surface area contributed by atoms with Gasteiger partial charge in [-0.15, -0.1) is 0 Å². The molecule has 2 N–H and O–H groups in total. The summed E-state index contributed by atoms with van der Waals surface area (Å²) in [5.74, 6) is 0. The predicted octanol–water partition coefficient (Wildman–Crippen LogP) is 2.57. The van der Waals surface area contributed by atoms with Gasteiger partial charge >= 0.3 is 0 Å². The fraction of sp³-hybridized carbons (Fsp3) is 0.571. The Bertz CT molecular complexity index is 339. The topological polar surface area (TPSA) is 38.5 Å². The molecule has 0 aliphatic rings. The normalized spacial score (nSPS) is 14.4. The van der Waals surface area contributed by atoms with Crippen molar-refractivity contribution >= 4 is 5.69 Å². The molecular formula is C14H24N2O. The van der Waals surface area contributed by atoms with Crippen LogP contribution in [0.15, 0.2) is 24.3 Å². The molecule has 1 rings (SSSR count). The van der Waals surface area contributed by atoms with Crippen LogP contribution in [0.25, 0.3) is 0 Å². The van der Waals surface area contributed by atoms with Crippen LogP contribution in [0.3, 0.4) is 0 Å². The van der Waals surface area contributed by atoms with E-state index in [0.717, 1.165) is 13.2 Å². The minimum absolute atomic E-state index is 0.0509. The molecule has 0 spiro atoms. The molecule has 0 aliphatic heterocycles. The second-order valence-electron chi connectivity index (χ2n) is 4.44. The van der Waals surface area contributed by atoms with E-state index in [9.17, 15) is 0 Å². The van der Waals surface area contributed by atoms with E-state index in [0.29, 0.717) is 6.04 Å². The molecule has 0 aromatic heterocycles. The van der Waals surface area contributed by atoms with Crippen LogP contribution >= 0.6 is 0 Å². The van der Waals surface area contributed by atoms with E-state index in [1.54, 1.807) is 7.11 Å². The zero-order chi connectivity index (χ0) is 12.8. The Morgan fingerprint density at radius 2 is 1.94 bits per heavy atom. The molecule has 0 bridgehead atoms. The number of rotatable bonds is 6. The highest BCUT2D eigenvalue weighted by atomic mass is 16.5. The summed E-state index contributed by atoms with van der Waals surface area (Å²) in [6.07, 6.45) is 0. The van der Waals surface area contributed by atoms with E-state index in [4.69, 9.17) is 10.5 Å². The summed E-state index contributed by atoms with van der Waals surface area (Å²) in [5.41, 5.74) is 8.43. The van der Waals surface area contributed by atoms with Gasteiger partial charge in [-0.25, -0.2) is 0 Å². The summed E-state index contributed by atoms with van der Waals surface area (Å²) in [4.78, 5) is 2.34. The van der Waals surface area contributed by atoms with Crippen LogP contribution in [-0.2, 0) is 4.74 Å². The number of nitrogens with zero attached hydrogens (tertiary/aromatic N) is 1. The van der Waals surface area contributed by atoms with Gasteiger partial charge in [0, 0.05) is 31.4 Å². The summed E-state index contributed by atoms with van der Waals surface area (Å²) in [6, 6.07) is 8.73. The van der Waals surface area contributed by atoms with Crippen molar-refractivity contribution in [3.63, 3.8) is 0 Å². The van der Waals surface area contributed by atoms with Crippen LogP contribution < -0.4 is 10.6 Å². The maximum atomic E-state index is 6.02. The maximum absolute atomic E-state index is 6.02.